The summed E-state index contributed by atoms with van der Waals surface area (Å²) in [7, 11) is 0. The first-order chi connectivity index (χ1) is 18.3. The molecule has 3 heterocycles. The molecule has 2 amide bonds. The van der Waals surface area contributed by atoms with Gasteiger partial charge in [0.15, 0.2) is 0 Å². The van der Waals surface area contributed by atoms with E-state index in [0.717, 1.165) is 18.4 Å². The van der Waals surface area contributed by atoms with E-state index in [0.29, 0.717) is 41.5 Å². The maximum atomic E-state index is 12.6. The normalized spacial score (nSPS) is 15.3. The Kier molecular flexibility index (Phi) is 8.18. The Bertz CT molecular complexity index is 1420. The Morgan fingerprint density at radius 2 is 1.92 bits per heavy atom. The molecule has 1 aliphatic rings. The second-order valence-electron chi connectivity index (χ2n) is 8.80. The summed E-state index contributed by atoms with van der Waals surface area (Å²) in [6.45, 7) is 4.62. The number of ether oxygens (including phenoxy) is 1. The molecule has 1 saturated heterocycles. The van der Waals surface area contributed by atoms with E-state index < -0.39 is 0 Å². The number of nitrogen functional groups attached to an aromatic ring is 1. The highest BCUT2D eigenvalue weighted by Crippen LogP contribution is 2.29. The fourth-order valence-electron chi connectivity index (χ4n) is 4.09. The number of amides is 2. The Balaban J connectivity index is 1.49. The van der Waals surface area contributed by atoms with Crippen LogP contribution in [0.25, 0.3) is 0 Å². The van der Waals surface area contributed by atoms with Gasteiger partial charge in [-0.15, -0.1) is 0 Å². The van der Waals surface area contributed by atoms with Crippen LogP contribution < -0.4 is 21.5 Å². The smallest absolute Gasteiger partial charge is 0.298 e. The summed E-state index contributed by atoms with van der Waals surface area (Å²) in [6, 6.07) is 11.7. The third-order valence-corrected chi connectivity index (χ3v) is 5.94. The van der Waals surface area contributed by atoms with Crippen molar-refractivity contribution in [3.8, 4) is 23.3 Å². The fraction of sp³-hybridized carbons (Fsp3) is 0.250. The zero-order valence-electron chi connectivity index (χ0n) is 21.3. The molecule has 1 atom stereocenters. The standard InChI is InChI=1S/C28H29N7O3/c1-3-5-24(36)35-15-4-6-20(17-35)33-27(30)25-22(12-14-32-26(25)29)38-21-9-7-19(8-10-21)28(37)34-23-16-18(2)11-13-31-23/h7-14,16,20H,4,6,15,17H2,1-2H3,(H2,29,32)(H2,30,33)(H,31,34,37). The number of hydrogen-bond acceptors (Lipinski definition) is 7. The molecule has 38 heavy (non-hydrogen) atoms. The molecule has 5 N–H and O–H groups in total. The highest BCUT2D eigenvalue weighted by Gasteiger charge is 2.24. The van der Waals surface area contributed by atoms with Crippen LogP contribution in [0.1, 0.15) is 41.3 Å². The van der Waals surface area contributed by atoms with Gasteiger partial charge in [0.05, 0.1) is 6.04 Å². The van der Waals surface area contributed by atoms with Gasteiger partial charge in [0.1, 0.15) is 34.5 Å². The van der Waals surface area contributed by atoms with Crippen LogP contribution in [0.3, 0.4) is 0 Å². The monoisotopic (exact) mass is 511 g/mol. The number of amidine groups is 1. The molecule has 2 aromatic heterocycles. The second-order valence-corrected chi connectivity index (χ2v) is 8.80. The molecule has 1 unspecified atom stereocenters. The summed E-state index contributed by atoms with van der Waals surface area (Å²) in [4.78, 5) is 39.4. The number of aryl methyl sites for hydroxylation is 1. The first kappa shape index (κ1) is 26.2. The minimum Gasteiger partial charge on any atom is -0.456 e. The summed E-state index contributed by atoms with van der Waals surface area (Å²) in [5, 5.41) is 2.78. The van der Waals surface area contributed by atoms with Crippen LogP contribution in [0.5, 0.6) is 11.5 Å². The number of likely N-dealkylation sites (tertiary alicyclic amines) is 1. The summed E-state index contributed by atoms with van der Waals surface area (Å²) in [6.07, 6.45) is 4.73. The molecule has 1 aliphatic heterocycles. The summed E-state index contributed by atoms with van der Waals surface area (Å²) in [5.74, 6) is 6.38. The van der Waals surface area contributed by atoms with Gasteiger partial charge in [0.2, 0.25) is 0 Å². The zero-order chi connectivity index (χ0) is 27.1. The van der Waals surface area contributed by atoms with Crippen molar-refractivity contribution in [2.24, 2.45) is 10.7 Å². The second kappa shape index (κ2) is 11.9. The van der Waals surface area contributed by atoms with Crippen LogP contribution in [0.15, 0.2) is 59.9 Å². The maximum absolute atomic E-state index is 12.6. The summed E-state index contributed by atoms with van der Waals surface area (Å²) >= 11 is 0. The largest absolute Gasteiger partial charge is 0.456 e. The summed E-state index contributed by atoms with van der Waals surface area (Å²) in [5.41, 5.74) is 14.3. The molecule has 0 spiro atoms. The van der Waals surface area contributed by atoms with E-state index in [1.807, 2.05) is 13.0 Å². The van der Waals surface area contributed by atoms with Crippen LogP contribution >= 0.6 is 0 Å². The van der Waals surface area contributed by atoms with E-state index in [4.69, 9.17) is 16.2 Å². The minimum atomic E-state index is -0.287. The number of carbonyl (C=O) groups is 2. The lowest BCUT2D eigenvalue weighted by atomic mass is 10.1. The van der Waals surface area contributed by atoms with E-state index >= 15 is 0 Å². The van der Waals surface area contributed by atoms with Crippen molar-refractivity contribution < 1.29 is 14.3 Å². The number of aromatic nitrogens is 2. The van der Waals surface area contributed by atoms with Gasteiger partial charge in [-0.2, -0.15) is 0 Å². The lowest BCUT2D eigenvalue weighted by Gasteiger charge is -2.29. The number of anilines is 2. The number of rotatable bonds is 6. The van der Waals surface area contributed by atoms with Crippen LogP contribution in [0.4, 0.5) is 11.6 Å². The Morgan fingerprint density at radius 1 is 1.16 bits per heavy atom. The zero-order valence-corrected chi connectivity index (χ0v) is 21.3. The molecular weight excluding hydrogens is 482 g/mol. The van der Waals surface area contributed by atoms with Gasteiger partial charge in [-0.1, -0.05) is 5.92 Å². The number of aliphatic imine (C=N–C) groups is 1. The molecule has 3 aromatic rings. The molecule has 1 aromatic carbocycles. The third kappa shape index (κ3) is 6.44. The number of pyridine rings is 2. The molecule has 0 aliphatic carbocycles. The van der Waals surface area contributed by atoms with Crippen LogP contribution in [-0.4, -0.2) is 51.6 Å². The molecular formula is C28H29N7O3. The molecule has 10 nitrogen and oxygen atoms in total. The van der Waals surface area contributed by atoms with Gasteiger partial charge < -0.3 is 26.4 Å². The van der Waals surface area contributed by atoms with Crippen molar-refractivity contribution in [3.63, 3.8) is 0 Å². The number of hydrogen-bond donors (Lipinski definition) is 3. The quantitative estimate of drug-likeness (QED) is 0.261. The van der Waals surface area contributed by atoms with Crippen molar-refractivity contribution in [3.05, 3.63) is 71.5 Å². The Labute approximate surface area is 221 Å². The van der Waals surface area contributed by atoms with Crippen LogP contribution in [0.2, 0.25) is 0 Å². The molecule has 0 saturated carbocycles. The Hall–Kier alpha value is -4.91. The number of benzene rings is 1. The predicted octanol–water partition coefficient (Wildman–Crippen LogP) is 3.13. The van der Waals surface area contributed by atoms with E-state index in [-0.39, 0.29) is 29.5 Å². The van der Waals surface area contributed by atoms with E-state index in [9.17, 15) is 9.59 Å². The fourth-order valence-corrected chi connectivity index (χ4v) is 4.09. The van der Waals surface area contributed by atoms with Crippen molar-refractivity contribution in [1.29, 1.82) is 0 Å². The number of nitrogens with two attached hydrogens (primary N) is 2. The highest BCUT2D eigenvalue weighted by molar-refractivity contribution is 6.04. The van der Waals surface area contributed by atoms with Crippen molar-refractivity contribution in [1.82, 2.24) is 14.9 Å². The van der Waals surface area contributed by atoms with Gasteiger partial charge in [0, 0.05) is 37.1 Å². The molecule has 194 valence electrons. The van der Waals surface area contributed by atoms with E-state index in [2.05, 4.69) is 32.1 Å². The van der Waals surface area contributed by atoms with Gasteiger partial charge in [-0.3, -0.25) is 14.6 Å². The summed E-state index contributed by atoms with van der Waals surface area (Å²) < 4.78 is 6.05. The first-order valence-electron chi connectivity index (χ1n) is 12.2. The first-order valence-corrected chi connectivity index (χ1v) is 12.2. The predicted molar refractivity (Wildman–Crippen MR) is 146 cm³/mol. The minimum absolute atomic E-state index is 0.172. The molecule has 1 fully saturated rings. The van der Waals surface area contributed by atoms with Gasteiger partial charge >= 0.3 is 0 Å². The molecule has 4 rings (SSSR count). The van der Waals surface area contributed by atoms with Crippen molar-refractivity contribution in [2.75, 3.05) is 24.1 Å². The average molecular weight is 512 g/mol. The number of carbonyl (C=O) groups excluding carboxylic acids is 2. The number of nitrogens with zero attached hydrogens (tertiary/aromatic N) is 4. The van der Waals surface area contributed by atoms with Gasteiger partial charge in [-0.25, -0.2) is 9.97 Å². The maximum Gasteiger partial charge on any atom is 0.298 e. The lowest BCUT2D eigenvalue weighted by molar-refractivity contribution is -0.126. The molecule has 10 heteroatoms. The number of nitrogens with one attached hydrogen (secondary N) is 1. The average Bonchev–Trinajstić information content (AvgIpc) is 2.89. The van der Waals surface area contributed by atoms with E-state index in [1.54, 1.807) is 54.4 Å². The molecule has 0 bridgehead atoms. The van der Waals surface area contributed by atoms with Gasteiger partial charge in [0.25, 0.3) is 11.8 Å². The molecule has 0 radical (unpaired) electrons. The van der Waals surface area contributed by atoms with Gasteiger partial charge in [-0.05, 0) is 74.6 Å². The Morgan fingerprint density at radius 3 is 2.66 bits per heavy atom. The third-order valence-electron chi connectivity index (χ3n) is 5.94. The highest BCUT2D eigenvalue weighted by atomic mass is 16.5. The van der Waals surface area contributed by atoms with Crippen LogP contribution in [-0.2, 0) is 4.79 Å². The van der Waals surface area contributed by atoms with Crippen LogP contribution in [0, 0.1) is 18.8 Å². The topological polar surface area (TPSA) is 149 Å². The number of piperidine rings is 1. The SMILES string of the molecule is CC#CC(=O)N1CCCC(N=C(N)c2c(Oc3ccc(C(=O)Nc4cc(C)ccn4)cc3)ccnc2N)C1. The van der Waals surface area contributed by atoms with E-state index in [1.165, 1.54) is 6.20 Å². The lowest BCUT2D eigenvalue weighted by Crippen LogP contribution is -2.41. The van der Waals surface area contributed by atoms with Crippen molar-refractivity contribution >= 4 is 29.3 Å². The van der Waals surface area contributed by atoms with Crippen molar-refractivity contribution in [2.45, 2.75) is 32.7 Å².